The van der Waals surface area contributed by atoms with Crippen molar-refractivity contribution in [3.63, 3.8) is 0 Å². The lowest BCUT2D eigenvalue weighted by molar-refractivity contribution is 1.08. The highest BCUT2D eigenvalue weighted by molar-refractivity contribution is 9.10. The zero-order valence-corrected chi connectivity index (χ0v) is 11.1. The molecule has 0 aliphatic heterocycles. The van der Waals surface area contributed by atoms with Gasteiger partial charge in [0.25, 0.3) is 0 Å². The van der Waals surface area contributed by atoms with Crippen LogP contribution >= 0.6 is 39.5 Å². The van der Waals surface area contributed by atoms with Gasteiger partial charge in [-0.3, -0.25) is 5.10 Å². The zero-order valence-electron chi connectivity index (χ0n) is 7.87. The fourth-order valence-electron chi connectivity index (χ4n) is 1.08. The summed E-state index contributed by atoms with van der Waals surface area (Å²) in [4.78, 5) is 0. The van der Waals surface area contributed by atoms with Gasteiger partial charge in [0, 0.05) is 10.2 Å². The average molecular weight is 302 g/mol. The smallest absolute Gasteiger partial charge is 0.208 e. The van der Waals surface area contributed by atoms with Gasteiger partial charge in [-0.15, -0.1) is 5.10 Å². The van der Waals surface area contributed by atoms with Gasteiger partial charge in [-0.05, 0) is 36.8 Å². The second-order valence-corrected chi connectivity index (χ2v) is 5.53. The van der Waals surface area contributed by atoms with E-state index in [4.69, 9.17) is 12.2 Å². The molecule has 3 nitrogen and oxygen atoms in total. The Balaban J connectivity index is 2.24. The van der Waals surface area contributed by atoms with Gasteiger partial charge in [0.15, 0.2) is 3.95 Å². The number of H-pyrrole nitrogens is 1. The minimum Gasteiger partial charge on any atom is -0.330 e. The summed E-state index contributed by atoms with van der Waals surface area (Å²) in [6.45, 7) is 2.05. The first-order valence-corrected chi connectivity index (χ1v) is 6.25. The van der Waals surface area contributed by atoms with Gasteiger partial charge in [0.05, 0.1) is 0 Å². The molecule has 15 heavy (non-hydrogen) atoms. The third kappa shape index (κ3) is 2.64. The lowest BCUT2D eigenvalue weighted by Gasteiger charge is -2.03. The summed E-state index contributed by atoms with van der Waals surface area (Å²) in [5, 5.41) is 10.7. The predicted octanol–water partition coefficient (Wildman–Crippen LogP) is 4.02. The lowest BCUT2D eigenvalue weighted by atomic mass is 10.2. The van der Waals surface area contributed by atoms with Gasteiger partial charge in [0.2, 0.25) is 5.13 Å². The Bertz CT molecular complexity index is 532. The highest BCUT2D eigenvalue weighted by Crippen LogP contribution is 2.24. The van der Waals surface area contributed by atoms with Gasteiger partial charge in [-0.1, -0.05) is 33.3 Å². The first-order valence-electron chi connectivity index (χ1n) is 4.24. The van der Waals surface area contributed by atoms with E-state index in [1.54, 1.807) is 0 Å². The molecule has 0 bridgehead atoms. The molecule has 1 heterocycles. The molecule has 0 saturated heterocycles. The Kier molecular flexibility index (Phi) is 3.18. The standard InChI is InChI=1S/C9H8BrN3S2/c1-5-2-3-6(4-7(5)10)11-8-12-13-9(14)15-8/h2-4H,1H3,(H,11,12)(H,13,14). The second kappa shape index (κ2) is 4.42. The van der Waals surface area contributed by atoms with Crippen LogP contribution < -0.4 is 5.32 Å². The van der Waals surface area contributed by atoms with Crippen LogP contribution in [0.4, 0.5) is 10.8 Å². The Hall–Kier alpha value is -0.720. The van der Waals surface area contributed by atoms with Crippen LogP contribution in [0.15, 0.2) is 22.7 Å². The first kappa shape index (κ1) is 10.8. The molecule has 2 aromatic rings. The van der Waals surface area contributed by atoms with E-state index in [0.29, 0.717) is 3.95 Å². The molecular weight excluding hydrogens is 294 g/mol. The summed E-state index contributed by atoms with van der Waals surface area (Å²) < 4.78 is 1.75. The number of aromatic amines is 1. The van der Waals surface area contributed by atoms with Gasteiger partial charge in [-0.25, -0.2) is 0 Å². The number of anilines is 2. The largest absolute Gasteiger partial charge is 0.330 e. The first-order chi connectivity index (χ1) is 7.15. The van der Waals surface area contributed by atoms with Crippen LogP contribution in [0.2, 0.25) is 0 Å². The predicted molar refractivity (Wildman–Crippen MR) is 69.5 cm³/mol. The number of hydrogen-bond donors (Lipinski definition) is 2. The van der Waals surface area contributed by atoms with Crippen LogP contribution in [0.1, 0.15) is 5.56 Å². The molecule has 2 N–H and O–H groups in total. The second-order valence-electron chi connectivity index (χ2n) is 3.01. The van der Waals surface area contributed by atoms with Crippen molar-refractivity contribution in [2.45, 2.75) is 6.92 Å². The number of halogens is 1. The molecule has 0 saturated carbocycles. The molecule has 0 amide bonds. The fourth-order valence-corrected chi connectivity index (χ4v) is 2.27. The van der Waals surface area contributed by atoms with E-state index in [-0.39, 0.29) is 0 Å². The summed E-state index contributed by atoms with van der Waals surface area (Å²) in [7, 11) is 0. The number of aryl methyl sites for hydroxylation is 1. The number of hydrogen-bond acceptors (Lipinski definition) is 4. The van der Waals surface area contributed by atoms with E-state index >= 15 is 0 Å². The van der Waals surface area contributed by atoms with Crippen molar-refractivity contribution in [1.82, 2.24) is 10.2 Å². The Labute approximate surface area is 105 Å². The lowest BCUT2D eigenvalue weighted by Crippen LogP contribution is -1.89. The van der Waals surface area contributed by atoms with Crippen molar-refractivity contribution in [2.75, 3.05) is 5.32 Å². The van der Waals surface area contributed by atoms with Crippen LogP contribution in [-0.2, 0) is 0 Å². The molecule has 1 aromatic carbocycles. The number of aromatic nitrogens is 2. The van der Waals surface area contributed by atoms with E-state index in [1.165, 1.54) is 16.9 Å². The summed E-state index contributed by atoms with van der Waals surface area (Å²) in [5.41, 5.74) is 2.19. The average Bonchev–Trinajstić information content (AvgIpc) is 2.58. The molecule has 0 fully saturated rings. The third-order valence-electron chi connectivity index (χ3n) is 1.86. The molecule has 0 radical (unpaired) electrons. The van der Waals surface area contributed by atoms with Crippen LogP contribution in [0, 0.1) is 10.9 Å². The molecule has 0 aliphatic rings. The van der Waals surface area contributed by atoms with Gasteiger partial charge in [0.1, 0.15) is 0 Å². The van der Waals surface area contributed by atoms with Crippen LogP contribution in [0.5, 0.6) is 0 Å². The number of nitrogens with zero attached hydrogens (tertiary/aromatic N) is 1. The molecule has 78 valence electrons. The van der Waals surface area contributed by atoms with Crippen molar-refractivity contribution >= 4 is 50.3 Å². The molecule has 1 aromatic heterocycles. The van der Waals surface area contributed by atoms with E-state index in [0.717, 1.165) is 15.3 Å². The SMILES string of the molecule is Cc1ccc(Nc2n[nH]c(=S)s2)cc1Br. The van der Waals surface area contributed by atoms with Crippen LogP contribution in [-0.4, -0.2) is 10.2 Å². The van der Waals surface area contributed by atoms with Crippen molar-refractivity contribution < 1.29 is 0 Å². The topological polar surface area (TPSA) is 40.7 Å². The maximum Gasteiger partial charge on any atom is 0.208 e. The Morgan fingerprint density at radius 1 is 1.53 bits per heavy atom. The Morgan fingerprint density at radius 3 is 2.93 bits per heavy atom. The molecule has 6 heteroatoms. The van der Waals surface area contributed by atoms with Crippen molar-refractivity contribution in [3.05, 3.63) is 32.2 Å². The van der Waals surface area contributed by atoms with E-state index in [9.17, 15) is 0 Å². The maximum absolute atomic E-state index is 4.95. The molecule has 0 aliphatic carbocycles. The van der Waals surface area contributed by atoms with Crippen molar-refractivity contribution in [2.24, 2.45) is 0 Å². The van der Waals surface area contributed by atoms with Crippen molar-refractivity contribution in [1.29, 1.82) is 0 Å². The van der Waals surface area contributed by atoms with E-state index in [2.05, 4.69) is 31.4 Å². The quantitative estimate of drug-likeness (QED) is 0.823. The van der Waals surface area contributed by atoms with Crippen LogP contribution in [0.3, 0.4) is 0 Å². The van der Waals surface area contributed by atoms with Gasteiger partial charge < -0.3 is 5.32 Å². The highest BCUT2D eigenvalue weighted by Gasteiger charge is 2.00. The minimum atomic E-state index is 0.670. The summed E-state index contributed by atoms with van der Waals surface area (Å²) in [6, 6.07) is 6.06. The molecular formula is C9H8BrN3S2. The number of rotatable bonds is 2. The maximum atomic E-state index is 4.95. The number of nitrogens with one attached hydrogen (secondary N) is 2. The summed E-state index contributed by atoms with van der Waals surface area (Å²) in [6.07, 6.45) is 0. The fraction of sp³-hybridized carbons (Fsp3) is 0.111. The molecule has 0 atom stereocenters. The Morgan fingerprint density at radius 2 is 2.33 bits per heavy atom. The van der Waals surface area contributed by atoms with Gasteiger partial charge in [-0.2, -0.15) is 0 Å². The highest BCUT2D eigenvalue weighted by atomic mass is 79.9. The summed E-state index contributed by atoms with van der Waals surface area (Å²) in [5.74, 6) is 0. The third-order valence-corrected chi connectivity index (χ3v) is 3.72. The molecule has 2 rings (SSSR count). The molecule has 0 unspecified atom stereocenters. The van der Waals surface area contributed by atoms with Crippen LogP contribution in [0.25, 0.3) is 0 Å². The van der Waals surface area contributed by atoms with Gasteiger partial charge >= 0.3 is 0 Å². The van der Waals surface area contributed by atoms with Crippen molar-refractivity contribution in [3.8, 4) is 0 Å². The molecule has 0 spiro atoms. The normalized spacial score (nSPS) is 10.3. The monoisotopic (exact) mass is 301 g/mol. The van der Waals surface area contributed by atoms with E-state index in [1.807, 2.05) is 25.1 Å². The zero-order chi connectivity index (χ0) is 10.8. The number of benzene rings is 1. The minimum absolute atomic E-state index is 0.670. The summed E-state index contributed by atoms with van der Waals surface area (Å²) >= 11 is 9.84. The van der Waals surface area contributed by atoms with E-state index < -0.39 is 0 Å².